The van der Waals surface area contributed by atoms with Gasteiger partial charge in [-0.3, -0.25) is 30.2 Å². The maximum Gasteiger partial charge on any atom is 0.262 e. The minimum Gasteiger partial charge on any atom is -0.867 e. The van der Waals surface area contributed by atoms with Gasteiger partial charge in [0.05, 0.1) is 31.0 Å². The molecular weight excluding hydrogens is 528 g/mol. The highest BCUT2D eigenvalue weighted by atomic mass is 32.2. The Bertz CT molecular complexity index is 1740. The summed E-state index contributed by atoms with van der Waals surface area (Å²) in [5.74, 6) is -1.62. The van der Waals surface area contributed by atoms with Crippen molar-refractivity contribution in [2.45, 2.75) is 9.79 Å². The molecule has 194 valence electrons. The average molecular weight is 542 g/mol. The van der Waals surface area contributed by atoms with Gasteiger partial charge in [-0.1, -0.05) is 36.4 Å². The Labute approximate surface area is 220 Å². The summed E-state index contributed by atoms with van der Waals surface area (Å²) in [5, 5.41) is 46.4. The van der Waals surface area contributed by atoms with Crippen LogP contribution in [-0.2, 0) is 9.84 Å². The third kappa shape index (κ3) is 4.46. The molecule has 0 aromatic heterocycles. The Hall–Kier alpha value is -5.43. The minimum absolute atomic E-state index is 0.0183. The van der Waals surface area contributed by atoms with E-state index < -0.39 is 42.6 Å². The van der Waals surface area contributed by atoms with Crippen LogP contribution in [0.1, 0.15) is 11.1 Å². The fourth-order valence-corrected chi connectivity index (χ4v) is 5.78. The SMILES string of the molecule is O=[N+]([O-])c1cccc(C=Nc2ccc3c(c2)S(=O)(=O)c2cc(N=Cc4cccc([N+](=O)[O-])c4[O-])ccc2-3)c1[O-]. The molecule has 0 bridgehead atoms. The monoisotopic (exact) mass is 542 g/mol. The lowest BCUT2D eigenvalue weighted by atomic mass is 10.1. The number of hydrogen-bond acceptors (Lipinski definition) is 10. The van der Waals surface area contributed by atoms with E-state index in [1.807, 2.05) is 0 Å². The van der Waals surface area contributed by atoms with Crippen molar-refractivity contribution in [1.82, 2.24) is 0 Å². The summed E-state index contributed by atoms with van der Waals surface area (Å²) in [6, 6.07) is 16.5. The van der Waals surface area contributed by atoms with Crippen molar-refractivity contribution in [3.8, 4) is 22.6 Å². The van der Waals surface area contributed by atoms with E-state index >= 15 is 0 Å². The molecule has 0 amide bonds. The van der Waals surface area contributed by atoms with Crippen molar-refractivity contribution in [3.63, 3.8) is 0 Å². The molecule has 0 radical (unpaired) electrons. The second-order valence-electron chi connectivity index (χ2n) is 8.29. The standard InChI is InChI=1S/C26H16N4O8S/c31-25-15(3-1-5-21(25)29(33)34)13-27-17-7-9-19-20-10-8-18(12-24(20)39(37,38)23(19)11-17)28-14-16-4-2-6-22(26(16)32)30(35)36/h1-14,31-32H/p-2. The van der Waals surface area contributed by atoms with Gasteiger partial charge in [-0.25, -0.2) is 8.42 Å². The topological polar surface area (TPSA) is 191 Å². The fraction of sp³-hybridized carbons (Fsp3) is 0. The second-order valence-corrected chi connectivity index (χ2v) is 10.2. The molecule has 5 rings (SSSR count). The van der Waals surface area contributed by atoms with Crippen LogP contribution in [0.15, 0.2) is 92.6 Å². The van der Waals surface area contributed by atoms with Crippen molar-refractivity contribution in [1.29, 1.82) is 0 Å². The van der Waals surface area contributed by atoms with Gasteiger partial charge >= 0.3 is 0 Å². The summed E-state index contributed by atoms with van der Waals surface area (Å²) in [6.45, 7) is 0. The summed E-state index contributed by atoms with van der Waals surface area (Å²) >= 11 is 0. The number of aliphatic imine (C=N–C) groups is 2. The molecule has 39 heavy (non-hydrogen) atoms. The predicted octanol–water partition coefficient (Wildman–Crippen LogP) is 3.96. The van der Waals surface area contributed by atoms with Crippen molar-refractivity contribution >= 4 is 45.0 Å². The van der Waals surface area contributed by atoms with Crippen molar-refractivity contribution in [2.24, 2.45) is 9.98 Å². The van der Waals surface area contributed by atoms with E-state index in [-0.39, 0.29) is 32.3 Å². The molecule has 0 atom stereocenters. The van der Waals surface area contributed by atoms with Gasteiger partial charge in [0.25, 0.3) is 11.4 Å². The highest BCUT2D eigenvalue weighted by Gasteiger charge is 2.33. The highest BCUT2D eigenvalue weighted by Crippen LogP contribution is 2.45. The Kier molecular flexibility index (Phi) is 6.12. The molecule has 4 aromatic carbocycles. The van der Waals surface area contributed by atoms with Crippen LogP contribution in [0.3, 0.4) is 0 Å². The molecule has 0 spiro atoms. The first-order valence-electron chi connectivity index (χ1n) is 11.1. The predicted molar refractivity (Wildman–Crippen MR) is 137 cm³/mol. The van der Waals surface area contributed by atoms with E-state index in [4.69, 9.17) is 0 Å². The van der Waals surface area contributed by atoms with E-state index in [9.17, 15) is 38.9 Å². The first kappa shape index (κ1) is 25.2. The molecule has 0 saturated carbocycles. The molecule has 0 saturated heterocycles. The second kappa shape index (κ2) is 9.46. The lowest BCUT2D eigenvalue weighted by Gasteiger charge is -2.09. The van der Waals surface area contributed by atoms with Crippen LogP contribution in [0.2, 0.25) is 0 Å². The van der Waals surface area contributed by atoms with Crippen molar-refractivity contribution in [2.75, 3.05) is 0 Å². The van der Waals surface area contributed by atoms with E-state index in [1.54, 1.807) is 24.3 Å². The smallest absolute Gasteiger partial charge is 0.262 e. The molecule has 0 fully saturated rings. The molecule has 1 heterocycles. The fourth-order valence-electron chi connectivity index (χ4n) is 4.05. The van der Waals surface area contributed by atoms with Gasteiger partial charge in [0.15, 0.2) is 0 Å². The lowest BCUT2D eigenvalue weighted by molar-refractivity contribution is -0.398. The number of para-hydroxylation sites is 2. The Morgan fingerprint density at radius 2 is 1.05 bits per heavy atom. The Balaban J connectivity index is 1.46. The number of rotatable bonds is 6. The summed E-state index contributed by atoms with van der Waals surface area (Å²) in [7, 11) is -3.98. The van der Waals surface area contributed by atoms with Gasteiger partial charge in [-0.05, 0) is 46.9 Å². The van der Waals surface area contributed by atoms with Crippen LogP contribution in [0.5, 0.6) is 11.5 Å². The molecule has 13 heteroatoms. The molecule has 0 aliphatic carbocycles. The van der Waals surface area contributed by atoms with Gasteiger partial charge in [-0.15, -0.1) is 0 Å². The van der Waals surface area contributed by atoms with Crippen molar-refractivity contribution in [3.05, 3.63) is 104 Å². The van der Waals surface area contributed by atoms with Crippen LogP contribution < -0.4 is 10.2 Å². The summed E-state index contributed by atoms with van der Waals surface area (Å²) in [4.78, 5) is 28.6. The zero-order valence-corrected chi connectivity index (χ0v) is 20.4. The molecule has 4 aromatic rings. The number of fused-ring (bicyclic) bond motifs is 3. The molecule has 1 aliphatic heterocycles. The van der Waals surface area contributed by atoms with Crippen LogP contribution in [0.4, 0.5) is 22.7 Å². The van der Waals surface area contributed by atoms with Crippen LogP contribution >= 0.6 is 0 Å². The number of nitro groups is 2. The van der Waals surface area contributed by atoms with E-state index in [0.29, 0.717) is 11.1 Å². The zero-order valence-electron chi connectivity index (χ0n) is 19.5. The van der Waals surface area contributed by atoms with E-state index in [2.05, 4.69) is 9.98 Å². The number of nitro benzene ring substituents is 2. The third-order valence-electron chi connectivity index (χ3n) is 5.95. The minimum atomic E-state index is -3.98. The zero-order chi connectivity index (χ0) is 27.9. The quantitative estimate of drug-likeness (QED) is 0.175. The van der Waals surface area contributed by atoms with Crippen molar-refractivity contribution < 1.29 is 28.5 Å². The molecule has 1 aliphatic rings. The van der Waals surface area contributed by atoms with Crippen LogP contribution in [0, 0.1) is 20.2 Å². The van der Waals surface area contributed by atoms with E-state index in [1.165, 1.54) is 36.4 Å². The number of sulfone groups is 1. The Morgan fingerprint density at radius 3 is 1.44 bits per heavy atom. The molecule has 0 N–H and O–H groups in total. The highest BCUT2D eigenvalue weighted by molar-refractivity contribution is 7.92. The summed E-state index contributed by atoms with van der Waals surface area (Å²) in [5.41, 5.74) is 0.0416. The maximum absolute atomic E-state index is 13.3. The first-order valence-corrected chi connectivity index (χ1v) is 12.6. The Morgan fingerprint density at radius 1 is 0.641 bits per heavy atom. The maximum atomic E-state index is 13.3. The van der Waals surface area contributed by atoms with Gasteiger partial charge in [0.1, 0.15) is 0 Å². The van der Waals surface area contributed by atoms with Gasteiger partial charge < -0.3 is 10.2 Å². The number of nitrogens with zero attached hydrogens (tertiary/aromatic N) is 4. The number of hydrogen-bond donors (Lipinski definition) is 0. The van der Waals surface area contributed by atoms with Gasteiger partial charge in [0, 0.05) is 35.7 Å². The van der Waals surface area contributed by atoms with Crippen LogP contribution in [-0.4, -0.2) is 30.7 Å². The van der Waals surface area contributed by atoms with Crippen LogP contribution in [0.25, 0.3) is 11.1 Å². The van der Waals surface area contributed by atoms with Gasteiger partial charge in [-0.2, -0.15) is 0 Å². The summed E-state index contributed by atoms with van der Waals surface area (Å²) in [6.07, 6.45) is 2.27. The normalized spacial score (nSPS) is 13.4. The molecule has 0 unspecified atom stereocenters. The van der Waals surface area contributed by atoms with E-state index in [0.717, 1.165) is 24.6 Å². The van der Waals surface area contributed by atoms with Gasteiger partial charge in [0.2, 0.25) is 9.84 Å². The third-order valence-corrected chi connectivity index (χ3v) is 7.78. The first-order chi connectivity index (χ1) is 18.6. The molecule has 12 nitrogen and oxygen atoms in total. The largest absolute Gasteiger partial charge is 0.867 e. The summed E-state index contributed by atoms with van der Waals surface area (Å²) < 4.78 is 26.6. The number of benzene rings is 4. The average Bonchev–Trinajstić information content (AvgIpc) is 3.13. The lowest BCUT2D eigenvalue weighted by Crippen LogP contribution is -2.01. The molecular formula is C26H14N4O8S-2.